The summed E-state index contributed by atoms with van der Waals surface area (Å²) in [6.07, 6.45) is 4.45. The lowest BCUT2D eigenvalue weighted by Gasteiger charge is -2.18. The first-order chi connectivity index (χ1) is 17.4. The molecule has 1 aliphatic carbocycles. The molecular weight excluding hydrogens is 498 g/mol. The molecule has 1 aromatic carbocycles. The van der Waals surface area contributed by atoms with Gasteiger partial charge in [0.1, 0.15) is 5.00 Å². The number of benzene rings is 1. The summed E-state index contributed by atoms with van der Waals surface area (Å²) in [7, 11) is 3.15. The van der Waals surface area contributed by atoms with E-state index in [1.807, 2.05) is 16.7 Å². The van der Waals surface area contributed by atoms with Gasteiger partial charge in [0.05, 0.1) is 25.5 Å². The molecule has 190 valence electrons. The number of methoxy groups -OCH3 is 2. The van der Waals surface area contributed by atoms with Gasteiger partial charge in [0.15, 0.2) is 22.5 Å². The Bertz CT molecular complexity index is 1300. The number of nitrogens with one attached hydrogen (secondary N) is 1. The lowest BCUT2D eigenvalue weighted by Crippen LogP contribution is -2.20. The van der Waals surface area contributed by atoms with Crippen molar-refractivity contribution < 1.29 is 19.1 Å². The molecule has 4 rings (SSSR count). The van der Waals surface area contributed by atoms with Crippen LogP contribution in [-0.2, 0) is 24.2 Å². The van der Waals surface area contributed by atoms with Crippen molar-refractivity contribution in [2.24, 2.45) is 11.7 Å². The maximum Gasteiger partial charge on any atom is 0.251 e. The summed E-state index contributed by atoms with van der Waals surface area (Å²) >= 11 is 2.71. The molecule has 3 aromatic rings. The third kappa shape index (κ3) is 5.26. The third-order valence-corrected chi connectivity index (χ3v) is 8.15. The van der Waals surface area contributed by atoms with Gasteiger partial charge in [-0.25, -0.2) is 0 Å². The van der Waals surface area contributed by atoms with Crippen molar-refractivity contribution in [1.82, 2.24) is 14.8 Å². The number of thiophene rings is 1. The van der Waals surface area contributed by atoms with Crippen LogP contribution in [0.15, 0.2) is 36.0 Å². The normalized spacial score (nSPS) is 14.7. The summed E-state index contributed by atoms with van der Waals surface area (Å²) in [6, 6.07) is 5.50. The summed E-state index contributed by atoms with van der Waals surface area (Å²) in [5.74, 6) is 1.71. The van der Waals surface area contributed by atoms with Gasteiger partial charge in [-0.15, -0.1) is 28.1 Å². The highest BCUT2D eigenvalue weighted by atomic mass is 32.2. The zero-order valence-electron chi connectivity index (χ0n) is 20.5. The second-order valence-electron chi connectivity index (χ2n) is 8.53. The number of amides is 2. The van der Waals surface area contributed by atoms with Crippen LogP contribution in [0.2, 0.25) is 0 Å². The van der Waals surface area contributed by atoms with Gasteiger partial charge in [-0.1, -0.05) is 24.8 Å². The summed E-state index contributed by atoms with van der Waals surface area (Å²) < 4.78 is 12.6. The average molecular weight is 528 g/mol. The molecule has 1 atom stereocenters. The predicted molar refractivity (Wildman–Crippen MR) is 142 cm³/mol. The van der Waals surface area contributed by atoms with E-state index in [1.54, 1.807) is 26.4 Å². The first-order valence-corrected chi connectivity index (χ1v) is 13.3. The third-order valence-electron chi connectivity index (χ3n) is 6.01. The fourth-order valence-corrected chi connectivity index (χ4v) is 6.45. The molecule has 0 fully saturated rings. The highest BCUT2D eigenvalue weighted by Crippen LogP contribution is 2.39. The van der Waals surface area contributed by atoms with Crippen LogP contribution in [0.25, 0.3) is 11.4 Å². The van der Waals surface area contributed by atoms with Crippen LogP contribution in [0.5, 0.6) is 11.5 Å². The number of aromatic nitrogens is 3. The monoisotopic (exact) mass is 527 g/mol. The predicted octanol–water partition coefficient (Wildman–Crippen LogP) is 4.16. The molecule has 2 heterocycles. The Morgan fingerprint density at radius 3 is 2.78 bits per heavy atom. The quantitative estimate of drug-likeness (QED) is 0.300. The van der Waals surface area contributed by atoms with Crippen LogP contribution in [-0.4, -0.2) is 46.6 Å². The number of carbonyl (C=O) groups is 2. The minimum absolute atomic E-state index is 0.0956. The fraction of sp³-hybridized carbons (Fsp3) is 0.360. The number of nitrogens with zero attached hydrogens (tertiary/aromatic N) is 3. The Morgan fingerprint density at radius 1 is 1.31 bits per heavy atom. The van der Waals surface area contributed by atoms with E-state index in [-0.39, 0.29) is 11.7 Å². The van der Waals surface area contributed by atoms with Crippen molar-refractivity contribution >= 4 is 39.9 Å². The minimum atomic E-state index is -0.504. The number of anilines is 1. The molecule has 1 aliphatic rings. The van der Waals surface area contributed by atoms with Crippen LogP contribution in [0.3, 0.4) is 0 Å². The highest BCUT2D eigenvalue weighted by Gasteiger charge is 2.27. The molecule has 11 heteroatoms. The van der Waals surface area contributed by atoms with E-state index in [0.29, 0.717) is 45.5 Å². The maximum absolute atomic E-state index is 12.9. The van der Waals surface area contributed by atoms with E-state index in [0.717, 1.165) is 35.3 Å². The Hall–Kier alpha value is -3.31. The summed E-state index contributed by atoms with van der Waals surface area (Å²) in [5.41, 5.74) is 7.90. The molecule has 0 saturated carbocycles. The summed E-state index contributed by atoms with van der Waals surface area (Å²) in [6.45, 7) is 6.49. The molecule has 1 unspecified atom stereocenters. The van der Waals surface area contributed by atoms with Crippen molar-refractivity contribution in [3.8, 4) is 22.9 Å². The number of hydrogen-bond donors (Lipinski definition) is 2. The molecule has 0 radical (unpaired) electrons. The Labute approximate surface area is 218 Å². The SMILES string of the molecule is C=CCn1c(SCC(=O)Nc2sc3c(c2C(N)=O)CCC(C)C3)nnc1-c1ccc(OC)c(OC)c1. The van der Waals surface area contributed by atoms with Crippen molar-refractivity contribution in [3.63, 3.8) is 0 Å². The van der Waals surface area contributed by atoms with Gasteiger partial charge in [0, 0.05) is 17.0 Å². The van der Waals surface area contributed by atoms with Crippen molar-refractivity contribution in [1.29, 1.82) is 0 Å². The number of ether oxygens (including phenoxy) is 2. The molecule has 3 N–H and O–H groups in total. The van der Waals surface area contributed by atoms with Gasteiger partial charge in [-0.3, -0.25) is 14.2 Å². The van der Waals surface area contributed by atoms with Gasteiger partial charge < -0.3 is 20.5 Å². The van der Waals surface area contributed by atoms with Gasteiger partial charge >= 0.3 is 0 Å². The molecule has 0 bridgehead atoms. The van der Waals surface area contributed by atoms with E-state index >= 15 is 0 Å². The lowest BCUT2D eigenvalue weighted by molar-refractivity contribution is -0.113. The van der Waals surface area contributed by atoms with Crippen LogP contribution < -0.4 is 20.5 Å². The molecule has 0 aliphatic heterocycles. The zero-order valence-corrected chi connectivity index (χ0v) is 22.1. The fourth-order valence-electron chi connectivity index (χ4n) is 4.27. The number of hydrogen-bond acceptors (Lipinski definition) is 8. The highest BCUT2D eigenvalue weighted by molar-refractivity contribution is 7.99. The second kappa shape index (κ2) is 11.2. The smallest absolute Gasteiger partial charge is 0.251 e. The van der Waals surface area contributed by atoms with Crippen molar-refractivity contribution in [3.05, 3.63) is 46.9 Å². The number of thioether (sulfide) groups is 1. The number of fused-ring (bicyclic) bond motifs is 1. The minimum Gasteiger partial charge on any atom is -0.493 e. The van der Waals surface area contributed by atoms with E-state index in [2.05, 4.69) is 29.0 Å². The van der Waals surface area contributed by atoms with Crippen LogP contribution in [0, 0.1) is 5.92 Å². The molecule has 36 heavy (non-hydrogen) atoms. The van der Waals surface area contributed by atoms with E-state index in [1.165, 1.54) is 23.1 Å². The van der Waals surface area contributed by atoms with Gasteiger partial charge in [-0.05, 0) is 48.9 Å². The van der Waals surface area contributed by atoms with Crippen LogP contribution in [0.4, 0.5) is 5.00 Å². The van der Waals surface area contributed by atoms with Gasteiger partial charge in [0.25, 0.3) is 5.91 Å². The standard InChI is InChI=1S/C25H29N5O4S2/c1-5-10-30-23(15-7-9-17(33-3)18(12-15)34-4)28-29-25(30)35-13-20(31)27-24-21(22(26)32)16-8-6-14(2)11-19(16)36-24/h5,7,9,12,14H,1,6,8,10-11,13H2,2-4H3,(H2,26,32)(H,27,31). The number of primary amides is 1. The lowest BCUT2D eigenvalue weighted by atomic mass is 9.88. The number of rotatable bonds is 10. The average Bonchev–Trinajstić information content (AvgIpc) is 3.42. The van der Waals surface area contributed by atoms with Crippen molar-refractivity contribution in [2.75, 3.05) is 25.3 Å². The largest absolute Gasteiger partial charge is 0.493 e. The molecule has 0 saturated heterocycles. The molecule has 9 nitrogen and oxygen atoms in total. The number of nitrogens with two attached hydrogens (primary N) is 1. The first kappa shape index (κ1) is 25.8. The maximum atomic E-state index is 12.9. The second-order valence-corrected chi connectivity index (χ2v) is 10.6. The summed E-state index contributed by atoms with van der Waals surface area (Å²) in [5, 5.41) is 12.7. The number of carbonyl (C=O) groups excluding carboxylic acids is 2. The number of allylic oxidation sites excluding steroid dienone is 1. The molecule has 2 amide bonds. The van der Waals surface area contributed by atoms with Crippen LogP contribution in [0.1, 0.15) is 34.1 Å². The molecule has 2 aromatic heterocycles. The molecule has 0 spiro atoms. The first-order valence-electron chi connectivity index (χ1n) is 11.5. The van der Waals surface area contributed by atoms with E-state index in [4.69, 9.17) is 15.2 Å². The van der Waals surface area contributed by atoms with Gasteiger partial charge in [-0.2, -0.15) is 0 Å². The van der Waals surface area contributed by atoms with Crippen molar-refractivity contribution in [2.45, 2.75) is 37.9 Å². The van der Waals surface area contributed by atoms with E-state index < -0.39 is 5.91 Å². The molecular formula is C25H29N5O4S2. The topological polar surface area (TPSA) is 121 Å². The van der Waals surface area contributed by atoms with E-state index in [9.17, 15) is 9.59 Å². The Balaban J connectivity index is 1.51. The van der Waals surface area contributed by atoms with Gasteiger partial charge in [0.2, 0.25) is 5.91 Å². The van der Waals surface area contributed by atoms with Crippen LogP contribution >= 0.6 is 23.1 Å². The Morgan fingerprint density at radius 2 is 2.08 bits per heavy atom. The Kier molecular flexibility index (Phi) is 8.00. The summed E-state index contributed by atoms with van der Waals surface area (Å²) in [4.78, 5) is 26.1. The zero-order chi connectivity index (χ0) is 25.8.